The second-order valence-electron chi connectivity index (χ2n) is 5.52. The molecule has 0 aliphatic heterocycles. The Morgan fingerprint density at radius 1 is 1.29 bits per heavy atom. The van der Waals surface area contributed by atoms with Gasteiger partial charge in [0.25, 0.3) is 0 Å². The highest BCUT2D eigenvalue weighted by Crippen LogP contribution is 2.18. The van der Waals surface area contributed by atoms with Gasteiger partial charge < -0.3 is 0 Å². The number of carbonyl (C=O) groups is 1. The Balaban J connectivity index is 1.62. The zero-order valence-electron chi connectivity index (χ0n) is 13.7. The van der Waals surface area contributed by atoms with Crippen LogP contribution in [-0.2, 0) is 17.8 Å². The highest BCUT2D eigenvalue weighted by atomic mass is 32.1. The van der Waals surface area contributed by atoms with Gasteiger partial charge in [-0.15, -0.1) is 10.2 Å². The van der Waals surface area contributed by atoms with Gasteiger partial charge in [-0.3, -0.25) is 15.0 Å². The van der Waals surface area contributed by atoms with Crippen LogP contribution >= 0.6 is 23.1 Å². The van der Waals surface area contributed by atoms with Gasteiger partial charge in [0, 0.05) is 6.54 Å². The molecule has 24 heavy (non-hydrogen) atoms. The fourth-order valence-electron chi connectivity index (χ4n) is 2.21. The van der Waals surface area contributed by atoms with E-state index in [9.17, 15) is 4.79 Å². The molecule has 2 aromatic heterocycles. The Morgan fingerprint density at radius 3 is 2.83 bits per heavy atom. The molecule has 1 aromatic carbocycles. The lowest BCUT2D eigenvalue weighted by molar-refractivity contribution is -0.120. The summed E-state index contributed by atoms with van der Waals surface area (Å²) in [4.78, 5) is 14.4. The molecule has 0 aliphatic carbocycles. The predicted octanol–water partition coefficient (Wildman–Crippen LogP) is 2.56. The fraction of sp³-hybridized carbons (Fsp3) is 0.400. The third kappa shape index (κ3) is 3.74. The lowest BCUT2D eigenvalue weighted by atomic mass is 10.1. The van der Waals surface area contributed by atoms with Crippen molar-refractivity contribution in [3.63, 3.8) is 0 Å². The number of hydrogen-bond donors (Lipinski definition) is 1. The van der Waals surface area contributed by atoms with Crippen LogP contribution < -0.4 is 5.32 Å². The van der Waals surface area contributed by atoms with Gasteiger partial charge in [0.15, 0.2) is 0 Å². The summed E-state index contributed by atoms with van der Waals surface area (Å²) in [5.74, 6) is -0.0901. The van der Waals surface area contributed by atoms with Crippen LogP contribution in [0.5, 0.6) is 0 Å². The lowest BCUT2D eigenvalue weighted by Crippen LogP contribution is -2.39. The highest BCUT2D eigenvalue weighted by Gasteiger charge is 2.20. The van der Waals surface area contributed by atoms with Crippen molar-refractivity contribution in [3.8, 4) is 0 Å². The van der Waals surface area contributed by atoms with Crippen LogP contribution in [0.25, 0.3) is 11.0 Å². The standard InChI is InChI=1S/C15H18N6OS2/c1-4-13-17-18-15(23-13)16-14(22)9(2)21(3)8-10-5-6-11-12(7-10)20-24-19-11/h5-7,9H,4,8H2,1-3H3,(H,16,18,22)/t9-/m0/s1. The van der Waals surface area contributed by atoms with Gasteiger partial charge in [0.05, 0.1) is 17.8 Å². The Morgan fingerprint density at radius 2 is 2.08 bits per heavy atom. The van der Waals surface area contributed by atoms with Gasteiger partial charge in [0.2, 0.25) is 11.0 Å². The van der Waals surface area contributed by atoms with E-state index in [4.69, 9.17) is 0 Å². The Bertz CT molecular complexity index is 845. The third-order valence-corrected chi connectivity index (χ3v) is 5.33. The largest absolute Gasteiger partial charge is 0.299 e. The number of fused-ring (bicyclic) bond motifs is 1. The van der Waals surface area contributed by atoms with E-state index in [1.54, 1.807) is 0 Å². The molecule has 0 fully saturated rings. The first-order valence-electron chi connectivity index (χ1n) is 7.61. The molecule has 1 amide bonds. The molecule has 3 rings (SSSR count). The summed E-state index contributed by atoms with van der Waals surface area (Å²) in [6, 6.07) is 5.70. The molecule has 0 saturated heterocycles. The highest BCUT2D eigenvalue weighted by molar-refractivity contribution is 7.15. The van der Waals surface area contributed by atoms with Crippen molar-refractivity contribution in [2.24, 2.45) is 0 Å². The SMILES string of the molecule is CCc1nnc(NC(=O)[C@H](C)N(C)Cc2ccc3nsnc3c2)s1. The van der Waals surface area contributed by atoms with Gasteiger partial charge >= 0.3 is 0 Å². The van der Waals surface area contributed by atoms with Crippen molar-refractivity contribution in [1.82, 2.24) is 23.8 Å². The zero-order valence-corrected chi connectivity index (χ0v) is 15.3. The average Bonchev–Trinajstić information content (AvgIpc) is 3.22. The summed E-state index contributed by atoms with van der Waals surface area (Å²) in [5.41, 5.74) is 2.89. The topological polar surface area (TPSA) is 83.9 Å². The molecule has 0 spiro atoms. The number of nitrogens with one attached hydrogen (secondary N) is 1. The van der Waals surface area contributed by atoms with E-state index in [-0.39, 0.29) is 11.9 Å². The number of hydrogen-bond acceptors (Lipinski definition) is 8. The molecule has 0 bridgehead atoms. The van der Waals surface area contributed by atoms with Crippen LogP contribution in [0.1, 0.15) is 24.4 Å². The predicted molar refractivity (Wildman–Crippen MR) is 96.3 cm³/mol. The van der Waals surface area contributed by atoms with Gasteiger partial charge in [-0.25, -0.2) is 0 Å². The van der Waals surface area contributed by atoms with Crippen LogP contribution in [0.2, 0.25) is 0 Å². The quantitative estimate of drug-likeness (QED) is 0.725. The van der Waals surface area contributed by atoms with Gasteiger partial charge in [-0.1, -0.05) is 24.3 Å². The molecule has 3 aromatic rings. The fourth-order valence-corrected chi connectivity index (χ4v) is 3.41. The van der Waals surface area contributed by atoms with Crippen molar-refractivity contribution >= 4 is 45.1 Å². The van der Waals surface area contributed by atoms with E-state index in [0.717, 1.165) is 28.0 Å². The zero-order chi connectivity index (χ0) is 17.1. The number of carbonyl (C=O) groups excluding carboxylic acids is 1. The summed E-state index contributed by atoms with van der Waals surface area (Å²) in [7, 11) is 1.92. The van der Waals surface area contributed by atoms with E-state index in [1.807, 2.05) is 44.0 Å². The minimum absolute atomic E-state index is 0.0901. The minimum Gasteiger partial charge on any atom is -0.299 e. The molecule has 0 aliphatic rings. The van der Waals surface area contributed by atoms with Crippen molar-refractivity contribution in [2.75, 3.05) is 12.4 Å². The molecule has 1 N–H and O–H groups in total. The summed E-state index contributed by atoms with van der Waals surface area (Å²) < 4.78 is 8.45. The van der Waals surface area contributed by atoms with Crippen molar-refractivity contribution in [3.05, 3.63) is 28.8 Å². The van der Waals surface area contributed by atoms with Gasteiger partial charge in [-0.05, 0) is 38.1 Å². The number of aryl methyl sites for hydroxylation is 1. The monoisotopic (exact) mass is 362 g/mol. The second kappa shape index (κ2) is 7.29. The molecule has 9 heteroatoms. The molecule has 0 saturated carbocycles. The van der Waals surface area contributed by atoms with Crippen molar-refractivity contribution in [1.29, 1.82) is 0 Å². The molecule has 1 atom stereocenters. The number of aromatic nitrogens is 4. The summed E-state index contributed by atoms with van der Waals surface area (Å²) in [6.45, 7) is 4.54. The van der Waals surface area contributed by atoms with Gasteiger partial charge in [-0.2, -0.15) is 8.75 Å². The maximum Gasteiger partial charge on any atom is 0.243 e. The number of nitrogens with zero attached hydrogens (tertiary/aromatic N) is 5. The minimum atomic E-state index is -0.289. The number of likely N-dealkylation sites (N-methyl/N-ethyl adjacent to an activating group) is 1. The first-order chi connectivity index (χ1) is 11.6. The van der Waals surface area contributed by atoms with Crippen LogP contribution in [0.15, 0.2) is 18.2 Å². The number of amides is 1. The third-order valence-electron chi connectivity index (χ3n) is 3.79. The molecular weight excluding hydrogens is 344 g/mol. The van der Waals surface area contributed by atoms with Crippen LogP contribution in [0.3, 0.4) is 0 Å². The average molecular weight is 362 g/mol. The summed E-state index contributed by atoms with van der Waals surface area (Å²) in [6.07, 6.45) is 0.816. The molecule has 2 heterocycles. The number of anilines is 1. The number of rotatable bonds is 6. The van der Waals surface area contributed by atoms with Gasteiger partial charge in [0.1, 0.15) is 16.0 Å². The summed E-state index contributed by atoms with van der Waals surface area (Å²) >= 11 is 2.62. The maximum absolute atomic E-state index is 12.4. The number of benzene rings is 1. The van der Waals surface area contributed by atoms with Crippen LogP contribution in [0, 0.1) is 0 Å². The Kier molecular flexibility index (Phi) is 5.12. The van der Waals surface area contributed by atoms with E-state index >= 15 is 0 Å². The Labute approximate surface area is 148 Å². The summed E-state index contributed by atoms with van der Waals surface area (Å²) in [5, 5.41) is 12.3. The van der Waals surface area contributed by atoms with Crippen molar-refractivity contribution < 1.29 is 4.79 Å². The molecular formula is C15H18N6OS2. The maximum atomic E-state index is 12.4. The molecule has 0 unspecified atom stereocenters. The first kappa shape index (κ1) is 16.9. The Hall–Kier alpha value is -1.97. The van der Waals surface area contributed by atoms with E-state index < -0.39 is 0 Å². The molecule has 126 valence electrons. The normalized spacial score (nSPS) is 12.7. The molecule has 7 nitrogen and oxygen atoms in total. The van der Waals surface area contributed by atoms with E-state index in [2.05, 4.69) is 24.3 Å². The van der Waals surface area contributed by atoms with E-state index in [0.29, 0.717) is 11.7 Å². The smallest absolute Gasteiger partial charge is 0.243 e. The molecule has 0 radical (unpaired) electrons. The van der Waals surface area contributed by atoms with Crippen LogP contribution in [-0.4, -0.2) is 42.8 Å². The lowest BCUT2D eigenvalue weighted by Gasteiger charge is -2.23. The van der Waals surface area contributed by atoms with Crippen LogP contribution in [0.4, 0.5) is 5.13 Å². The van der Waals surface area contributed by atoms with E-state index in [1.165, 1.54) is 23.1 Å². The second-order valence-corrected chi connectivity index (χ2v) is 7.11. The van der Waals surface area contributed by atoms with Crippen molar-refractivity contribution in [2.45, 2.75) is 32.9 Å². The first-order valence-corrected chi connectivity index (χ1v) is 9.16.